The van der Waals surface area contributed by atoms with Crippen LogP contribution in [0.3, 0.4) is 0 Å². The number of hydrogen-bond donors (Lipinski definition) is 1. The molecule has 1 fully saturated rings. The van der Waals surface area contributed by atoms with Gasteiger partial charge >= 0.3 is 0 Å². The van der Waals surface area contributed by atoms with Gasteiger partial charge in [-0.05, 0) is 39.0 Å². The molecule has 0 saturated heterocycles. The minimum absolute atomic E-state index is 0.0897. The summed E-state index contributed by atoms with van der Waals surface area (Å²) in [5.74, 6) is 0.773. The molecule has 0 aliphatic heterocycles. The third kappa shape index (κ3) is 5.31. The Kier molecular flexibility index (Phi) is 5.77. The first-order valence-electron chi connectivity index (χ1n) is 6.77. The van der Waals surface area contributed by atoms with Crippen LogP contribution >= 0.6 is 0 Å². The van der Waals surface area contributed by atoms with Crippen molar-refractivity contribution in [2.75, 3.05) is 7.11 Å². The van der Waals surface area contributed by atoms with Crippen molar-refractivity contribution in [2.45, 2.75) is 76.9 Å². The molecule has 0 radical (unpaired) electrons. The molecule has 96 valence electrons. The third-order valence-electron chi connectivity index (χ3n) is 3.96. The van der Waals surface area contributed by atoms with Gasteiger partial charge in [-0.1, -0.05) is 32.1 Å². The Morgan fingerprint density at radius 1 is 1.25 bits per heavy atom. The van der Waals surface area contributed by atoms with E-state index in [1.54, 1.807) is 7.11 Å². The molecule has 0 aromatic heterocycles. The van der Waals surface area contributed by atoms with Crippen LogP contribution in [-0.2, 0) is 4.74 Å². The molecule has 1 aliphatic carbocycles. The molecule has 16 heavy (non-hydrogen) atoms. The van der Waals surface area contributed by atoms with Crippen molar-refractivity contribution in [3.63, 3.8) is 0 Å². The second kappa shape index (κ2) is 6.61. The predicted molar refractivity (Wildman–Crippen MR) is 67.5 cm³/mol. The SMILES string of the molecule is COC(C)(C)CCC(O)CC1CCCCC1. The van der Waals surface area contributed by atoms with Crippen molar-refractivity contribution in [1.29, 1.82) is 0 Å². The maximum absolute atomic E-state index is 10.0. The molecule has 0 aromatic carbocycles. The lowest BCUT2D eigenvalue weighted by atomic mass is 9.84. The Morgan fingerprint density at radius 2 is 1.88 bits per heavy atom. The van der Waals surface area contributed by atoms with Gasteiger partial charge in [-0.2, -0.15) is 0 Å². The lowest BCUT2D eigenvalue weighted by molar-refractivity contribution is 0.0000582. The van der Waals surface area contributed by atoms with Crippen molar-refractivity contribution in [3.8, 4) is 0 Å². The molecule has 0 aromatic rings. The number of aliphatic hydroxyl groups excluding tert-OH is 1. The van der Waals surface area contributed by atoms with Crippen LogP contribution in [-0.4, -0.2) is 23.9 Å². The second-order valence-corrected chi connectivity index (χ2v) is 5.90. The highest BCUT2D eigenvalue weighted by Crippen LogP contribution is 2.29. The zero-order chi connectivity index (χ0) is 12.0. The van der Waals surface area contributed by atoms with Crippen LogP contribution in [0.25, 0.3) is 0 Å². The minimum Gasteiger partial charge on any atom is -0.393 e. The van der Waals surface area contributed by atoms with Gasteiger partial charge in [-0.3, -0.25) is 0 Å². The van der Waals surface area contributed by atoms with Crippen LogP contribution in [0, 0.1) is 5.92 Å². The van der Waals surface area contributed by atoms with Crippen molar-refractivity contribution >= 4 is 0 Å². The summed E-state index contributed by atoms with van der Waals surface area (Å²) in [6, 6.07) is 0. The fourth-order valence-electron chi connectivity index (χ4n) is 2.54. The first kappa shape index (κ1) is 14.0. The Balaban J connectivity index is 2.17. The summed E-state index contributed by atoms with van der Waals surface area (Å²) < 4.78 is 5.37. The van der Waals surface area contributed by atoms with Gasteiger partial charge in [-0.25, -0.2) is 0 Å². The zero-order valence-electron chi connectivity index (χ0n) is 11.2. The van der Waals surface area contributed by atoms with Gasteiger partial charge < -0.3 is 9.84 Å². The van der Waals surface area contributed by atoms with Gasteiger partial charge in [0, 0.05) is 7.11 Å². The van der Waals surface area contributed by atoms with Crippen molar-refractivity contribution in [1.82, 2.24) is 0 Å². The number of ether oxygens (including phenoxy) is 1. The van der Waals surface area contributed by atoms with Gasteiger partial charge in [0.1, 0.15) is 0 Å². The Bertz CT molecular complexity index is 183. The van der Waals surface area contributed by atoms with Crippen LogP contribution in [0.2, 0.25) is 0 Å². The zero-order valence-corrected chi connectivity index (χ0v) is 11.2. The van der Waals surface area contributed by atoms with E-state index in [0.717, 1.165) is 25.2 Å². The van der Waals surface area contributed by atoms with E-state index in [0.29, 0.717) is 0 Å². The fourth-order valence-corrected chi connectivity index (χ4v) is 2.54. The average molecular weight is 228 g/mol. The van der Waals surface area contributed by atoms with E-state index in [4.69, 9.17) is 4.74 Å². The minimum atomic E-state index is -0.127. The number of rotatable bonds is 6. The van der Waals surface area contributed by atoms with Crippen LogP contribution in [0.15, 0.2) is 0 Å². The smallest absolute Gasteiger partial charge is 0.0623 e. The number of methoxy groups -OCH3 is 1. The topological polar surface area (TPSA) is 29.5 Å². The molecule has 0 amide bonds. The van der Waals surface area contributed by atoms with E-state index in [1.165, 1.54) is 32.1 Å². The van der Waals surface area contributed by atoms with Crippen molar-refractivity contribution in [3.05, 3.63) is 0 Å². The van der Waals surface area contributed by atoms with E-state index in [9.17, 15) is 5.11 Å². The largest absolute Gasteiger partial charge is 0.393 e. The first-order chi connectivity index (χ1) is 7.53. The molecule has 1 aliphatic rings. The molecule has 0 heterocycles. The van der Waals surface area contributed by atoms with Crippen LogP contribution in [0.5, 0.6) is 0 Å². The van der Waals surface area contributed by atoms with E-state index in [2.05, 4.69) is 13.8 Å². The summed E-state index contributed by atoms with van der Waals surface area (Å²) >= 11 is 0. The Morgan fingerprint density at radius 3 is 2.44 bits per heavy atom. The molecule has 1 saturated carbocycles. The normalized spacial score (nSPS) is 21.0. The Labute approximate surface area is 100 Å². The van der Waals surface area contributed by atoms with Gasteiger partial charge in [0.25, 0.3) is 0 Å². The molecular formula is C14H28O2. The molecular weight excluding hydrogens is 200 g/mol. The standard InChI is InChI=1S/C14H28O2/c1-14(2,16-3)10-9-13(15)11-12-7-5-4-6-8-12/h12-13,15H,4-11H2,1-3H3. The van der Waals surface area contributed by atoms with Crippen molar-refractivity contribution < 1.29 is 9.84 Å². The average Bonchev–Trinajstić information content (AvgIpc) is 2.28. The molecule has 0 spiro atoms. The summed E-state index contributed by atoms with van der Waals surface area (Å²) in [6.07, 6.45) is 9.45. The molecule has 1 rings (SSSR count). The van der Waals surface area contributed by atoms with Gasteiger partial charge in [-0.15, -0.1) is 0 Å². The maximum Gasteiger partial charge on any atom is 0.0623 e. The Hall–Kier alpha value is -0.0800. The summed E-state index contributed by atoms with van der Waals surface area (Å²) in [5.41, 5.74) is -0.0897. The van der Waals surface area contributed by atoms with Gasteiger partial charge in [0.05, 0.1) is 11.7 Å². The first-order valence-corrected chi connectivity index (χ1v) is 6.77. The number of hydrogen-bond acceptors (Lipinski definition) is 2. The number of aliphatic hydroxyl groups is 1. The summed E-state index contributed by atoms with van der Waals surface area (Å²) in [5, 5.41) is 10.0. The van der Waals surface area contributed by atoms with Crippen molar-refractivity contribution in [2.24, 2.45) is 5.92 Å². The summed E-state index contributed by atoms with van der Waals surface area (Å²) in [7, 11) is 1.74. The monoisotopic (exact) mass is 228 g/mol. The second-order valence-electron chi connectivity index (χ2n) is 5.90. The summed E-state index contributed by atoms with van der Waals surface area (Å²) in [6.45, 7) is 4.17. The van der Waals surface area contributed by atoms with Gasteiger partial charge in [0.2, 0.25) is 0 Å². The highest BCUT2D eigenvalue weighted by Gasteiger charge is 2.21. The van der Waals surface area contributed by atoms with E-state index >= 15 is 0 Å². The van der Waals surface area contributed by atoms with E-state index in [1.807, 2.05) is 0 Å². The quantitative estimate of drug-likeness (QED) is 0.753. The highest BCUT2D eigenvalue weighted by atomic mass is 16.5. The van der Waals surface area contributed by atoms with E-state index < -0.39 is 0 Å². The van der Waals surface area contributed by atoms with E-state index in [-0.39, 0.29) is 11.7 Å². The fraction of sp³-hybridized carbons (Fsp3) is 1.00. The van der Waals surface area contributed by atoms with Crippen LogP contribution in [0.4, 0.5) is 0 Å². The lowest BCUT2D eigenvalue weighted by Gasteiger charge is -2.27. The molecule has 1 N–H and O–H groups in total. The van der Waals surface area contributed by atoms with Gasteiger partial charge in [0.15, 0.2) is 0 Å². The van der Waals surface area contributed by atoms with Crippen LogP contribution < -0.4 is 0 Å². The molecule has 2 nitrogen and oxygen atoms in total. The summed E-state index contributed by atoms with van der Waals surface area (Å²) in [4.78, 5) is 0. The highest BCUT2D eigenvalue weighted by molar-refractivity contribution is 4.74. The molecule has 0 bridgehead atoms. The predicted octanol–water partition coefficient (Wildman–Crippen LogP) is 3.52. The lowest BCUT2D eigenvalue weighted by Crippen LogP contribution is -2.25. The van der Waals surface area contributed by atoms with Crippen LogP contribution in [0.1, 0.15) is 65.2 Å². The molecule has 1 atom stereocenters. The molecule has 2 heteroatoms. The third-order valence-corrected chi connectivity index (χ3v) is 3.96. The molecule has 1 unspecified atom stereocenters. The maximum atomic E-state index is 10.0.